The maximum Gasteiger partial charge on any atom is 0.281 e. The van der Waals surface area contributed by atoms with Crippen LogP contribution in [0, 0.1) is 0 Å². The summed E-state index contributed by atoms with van der Waals surface area (Å²) in [5, 5.41) is 0. The van der Waals surface area contributed by atoms with Gasteiger partial charge in [-0.05, 0) is 10.7 Å². The summed E-state index contributed by atoms with van der Waals surface area (Å²) in [6.07, 6.45) is 0. The average molecular weight is 213 g/mol. The molecule has 6 heteroatoms. The molecule has 0 saturated carbocycles. The summed E-state index contributed by atoms with van der Waals surface area (Å²) < 4.78 is 6.41. The smallest absolute Gasteiger partial charge is 0.267 e. The van der Waals surface area contributed by atoms with E-state index in [1.165, 1.54) is 0 Å². The van der Waals surface area contributed by atoms with Crippen molar-refractivity contribution in [1.82, 2.24) is 8.75 Å². The number of H-pyrrole nitrogens is 1. The maximum atomic E-state index is 10.8. The van der Waals surface area contributed by atoms with E-state index in [4.69, 9.17) is 0 Å². The van der Waals surface area contributed by atoms with Crippen molar-refractivity contribution in [3.63, 3.8) is 0 Å². The van der Waals surface area contributed by atoms with Crippen LogP contribution in [0.2, 0.25) is 0 Å². The van der Waals surface area contributed by atoms with Crippen molar-refractivity contribution < 1.29 is 0 Å². The van der Waals surface area contributed by atoms with Crippen LogP contribution in [0.5, 0.6) is 0 Å². The number of hydrogen-bond acceptors (Lipinski definition) is 4. The molecule has 0 atom stereocenters. The fraction of sp³-hybridized carbons (Fsp3) is 0.600. The molecule has 0 bridgehead atoms. The number of rotatable bonds is 1. The molecule has 0 aliphatic heterocycles. The molecule has 0 saturated heterocycles. The number of nitrogens with one attached hydrogen (secondary N) is 1. The van der Waals surface area contributed by atoms with E-state index in [2.05, 4.69) is 31.3 Å². The molecule has 1 aromatic heterocycles. The average Bonchev–Trinajstić information content (AvgIpc) is 2.39. The summed E-state index contributed by atoms with van der Waals surface area (Å²) in [5.74, 6) is 0.236. The number of thiol groups is 1. The fourth-order valence-corrected chi connectivity index (χ4v) is 1.20. The third-order valence-electron chi connectivity index (χ3n) is 1.06. The van der Waals surface area contributed by atoms with Crippen LogP contribution in [0.25, 0.3) is 0 Å². The molecule has 1 rings (SSSR count). The minimum Gasteiger partial charge on any atom is -0.267 e. The second-order valence-electron chi connectivity index (χ2n) is 2.15. The van der Waals surface area contributed by atoms with Crippen molar-refractivity contribution in [3.05, 3.63) is 16.0 Å². The summed E-state index contributed by atoms with van der Waals surface area (Å²) in [7, 11) is 4.33. The van der Waals surface area contributed by atoms with E-state index in [1.807, 2.05) is 13.8 Å². The van der Waals surface area contributed by atoms with Gasteiger partial charge in [0.15, 0.2) is 0 Å². The Balaban J connectivity index is 0.000000461. The van der Waals surface area contributed by atoms with Gasteiger partial charge in [-0.3, -0.25) is 9.17 Å². The highest BCUT2D eigenvalue weighted by Crippen LogP contribution is 2.04. The molecular weight excluding hydrogens is 204 g/mol. The number of aromatic nitrogens is 2. The topological polar surface area (TPSA) is 45.8 Å². The maximum absolute atomic E-state index is 10.8. The summed E-state index contributed by atoms with van der Waals surface area (Å²) in [6.45, 7) is 3.90. The normalized spacial score (nSPS) is 9.18. The second kappa shape index (κ2) is 5.62. The highest BCUT2D eigenvalue weighted by Gasteiger charge is 2.05. The van der Waals surface area contributed by atoms with Crippen LogP contribution < -0.4 is 5.56 Å². The fourth-order valence-electron chi connectivity index (χ4n) is 0.575. The third kappa shape index (κ3) is 3.27. The van der Waals surface area contributed by atoms with Gasteiger partial charge in [-0.1, -0.05) is 25.7 Å². The van der Waals surface area contributed by atoms with Gasteiger partial charge in [0.25, 0.3) is 5.56 Å². The minimum absolute atomic E-state index is 0.0463. The Labute approximate surface area is 79.0 Å². The van der Waals surface area contributed by atoms with Crippen LogP contribution in [0.4, 0.5) is 0 Å². The van der Waals surface area contributed by atoms with Gasteiger partial charge in [-0.15, -0.1) is 0 Å². The van der Waals surface area contributed by atoms with E-state index in [0.29, 0.717) is 5.69 Å². The predicted molar refractivity (Wildman–Crippen MR) is 51.7 cm³/mol. The molecule has 0 radical (unpaired) electrons. The summed E-state index contributed by atoms with van der Waals surface area (Å²) in [5.41, 5.74) is 0.593. The van der Waals surface area contributed by atoms with E-state index in [-0.39, 0.29) is 11.5 Å². The molecule has 0 fully saturated rings. The molecule has 0 spiro atoms. The van der Waals surface area contributed by atoms with Crippen molar-refractivity contribution >= 4 is 34.3 Å². The Morgan fingerprint density at radius 2 is 2.18 bits per heavy atom. The van der Waals surface area contributed by atoms with Gasteiger partial charge in [-0.25, -0.2) is 0 Å². The van der Waals surface area contributed by atoms with Gasteiger partial charge < -0.3 is 0 Å². The van der Waals surface area contributed by atoms with E-state index in [1.54, 1.807) is 0 Å². The Bertz CT molecular complexity index is 245. The molecule has 1 aromatic rings. The molecule has 0 amide bonds. The number of nitrogens with zero attached hydrogens (tertiary/aromatic N) is 1. The molecular formula is C5H9ClN2OS2. The van der Waals surface area contributed by atoms with Crippen LogP contribution in [-0.2, 0) is 0 Å². The highest BCUT2D eigenvalue weighted by atomic mass is 35.7. The van der Waals surface area contributed by atoms with Gasteiger partial charge in [0.05, 0.1) is 0 Å². The molecule has 0 aromatic carbocycles. The molecule has 0 unspecified atom stereocenters. The van der Waals surface area contributed by atoms with Crippen molar-refractivity contribution in [3.8, 4) is 0 Å². The van der Waals surface area contributed by atoms with E-state index in [0.717, 1.165) is 11.7 Å². The number of hydrogen-bond donors (Lipinski definition) is 2. The summed E-state index contributed by atoms with van der Waals surface area (Å²) in [6, 6.07) is 0. The van der Waals surface area contributed by atoms with Crippen molar-refractivity contribution in [2.75, 3.05) is 0 Å². The van der Waals surface area contributed by atoms with Crippen molar-refractivity contribution in [1.29, 1.82) is 0 Å². The van der Waals surface area contributed by atoms with Gasteiger partial charge in [-0.2, -0.15) is 4.37 Å². The lowest BCUT2D eigenvalue weighted by Crippen LogP contribution is -2.07. The predicted octanol–water partition coefficient (Wildman–Crippen LogP) is 2.02. The molecule has 64 valence electrons. The zero-order valence-electron chi connectivity index (χ0n) is 6.17. The molecule has 1 heterocycles. The monoisotopic (exact) mass is 212 g/mol. The second-order valence-corrected chi connectivity index (χ2v) is 2.72. The summed E-state index contributed by atoms with van der Waals surface area (Å²) in [4.78, 5) is 10.8. The molecule has 0 aliphatic rings. The van der Waals surface area contributed by atoms with E-state index >= 15 is 0 Å². The van der Waals surface area contributed by atoms with Gasteiger partial charge in [0, 0.05) is 17.6 Å². The van der Waals surface area contributed by atoms with Crippen molar-refractivity contribution in [2.45, 2.75) is 19.8 Å². The Morgan fingerprint density at radius 3 is 2.36 bits per heavy atom. The minimum atomic E-state index is -0.0463. The lowest BCUT2D eigenvalue weighted by molar-refractivity contribution is 0.827. The zero-order valence-corrected chi connectivity index (χ0v) is 8.63. The first-order valence-corrected chi connectivity index (χ1v) is 5.05. The quantitative estimate of drug-likeness (QED) is 0.700. The van der Waals surface area contributed by atoms with Crippen LogP contribution in [-0.4, -0.2) is 8.75 Å². The Kier molecular flexibility index (Phi) is 5.62. The van der Waals surface area contributed by atoms with Gasteiger partial charge >= 0.3 is 0 Å². The molecule has 3 nitrogen and oxygen atoms in total. The first-order valence-electron chi connectivity index (χ1n) is 2.93. The SMILES string of the molecule is CC(C)c1ns[nH]c1=O.SCl. The first kappa shape index (κ1) is 11.0. The van der Waals surface area contributed by atoms with Crippen LogP contribution in [0.1, 0.15) is 25.5 Å². The van der Waals surface area contributed by atoms with Crippen LogP contribution in [0.15, 0.2) is 4.79 Å². The number of halogens is 1. The Hall–Kier alpha value is -0.000000000000000167. The van der Waals surface area contributed by atoms with E-state index < -0.39 is 0 Å². The molecule has 11 heavy (non-hydrogen) atoms. The van der Waals surface area contributed by atoms with Gasteiger partial charge in [0.2, 0.25) is 0 Å². The van der Waals surface area contributed by atoms with Crippen molar-refractivity contribution in [2.24, 2.45) is 0 Å². The van der Waals surface area contributed by atoms with Crippen LogP contribution in [0.3, 0.4) is 0 Å². The standard InChI is InChI=1S/C5H8N2OS.ClHS/c1-3(2)4-5(8)7-9-6-4;1-2/h3H,1-2H3,(H,7,8);2H. The summed E-state index contributed by atoms with van der Waals surface area (Å²) >= 11 is 4.11. The van der Waals surface area contributed by atoms with Crippen LogP contribution >= 0.6 is 34.3 Å². The highest BCUT2D eigenvalue weighted by molar-refractivity contribution is 8.05. The third-order valence-corrected chi connectivity index (χ3v) is 1.63. The van der Waals surface area contributed by atoms with Gasteiger partial charge in [0.1, 0.15) is 5.69 Å². The van der Waals surface area contributed by atoms with E-state index in [9.17, 15) is 4.79 Å². The zero-order chi connectivity index (χ0) is 8.85. The Morgan fingerprint density at radius 1 is 1.64 bits per heavy atom. The lowest BCUT2D eigenvalue weighted by Gasteiger charge is -1.92. The lowest BCUT2D eigenvalue weighted by atomic mass is 10.2. The molecule has 1 N–H and O–H groups in total. The number of aromatic amines is 1. The largest absolute Gasteiger partial charge is 0.281 e. The molecule has 0 aliphatic carbocycles. The first-order chi connectivity index (χ1) is 5.22.